The van der Waals surface area contributed by atoms with Gasteiger partial charge in [0.25, 0.3) is 5.92 Å². The van der Waals surface area contributed by atoms with E-state index in [0.717, 1.165) is 6.42 Å². The van der Waals surface area contributed by atoms with Gasteiger partial charge in [-0.2, -0.15) is 9.97 Å². The quantitative estimate of drug-likeness (QED) is 0.121. The first-order chi connectivity index (χ1) is 23.9. The maximum atomic E-state index is 17.0. The van der Waals surface area contributed by atoms with Crippen LogP contribution in [-0.4, -0.2) is 89.6 Å². The molecule has 3 aliphatic rings. The Morgan fingerprint density at radius 2 is 1.94 bits per heavy atom. The average Bonchev–Trinajstić information content (AvgIpc) is 3.30. The normalized spacial score (nSPS) is 22.4. The molecule has 2 saturated heterocycles. The number of carboxylic acid groups (broad SMARTS) is 1. The molecule has 1 saturated carbocycles. The van der Waals surface area contributed by atoms with Gasteiger partial charge in [0.15, 0.2) is 12.6 Å². The van der Waals surface area contributed by atoms with Crippen LogP contribution in [0.15, 0.2) is 30.5 Å². The van der Waals surface area contributed by atoms with Gasteiger partial charge in [0.2, 0.25) is 0 Å². The molecule has 2 aromatic carbocycles. The number of hydrogen-bond donors (Lipinski definition) is 1. The Kier molecular flexibility index (Phi) is 8.74. The molecule has 14 heteroatoms. The van der Waals surface area contributed by atoms with Gasteiger partial charge in [-0.05, 0) is 73.2 Å². The van der Waals surface area contributed by atoms with Crippen molar-refractivity contribution in [1.82, 2.24) is 19.9 Å². The summed E-state index contributed by atoms with van der Waals surface area (Å²) in [4.78, 5) is 28.7. The smallest absolute Gasteiger partial charge is 0.319 e. The van der Waals surface area contributed by atoms with E-state index in [9.17, 15) is 18.7 Å². The molecule has 1 spiro atoms. The third kappa shape index (κ3) is 5.85. The lowest BCUT2D eigenvalue weighted by atomic mass is 9.89. The van der Waals surface area contributed by atoms with E-state index in [1.807, 2.05) is 6.92 Å². The molecular weight excluding hydrogens is 658 g/mol. The highest BCUT2D eigenvalue weighted by Crippen LogP contribution is 2.69. The van der Waals surface area contributed by atoms with Crippen molar-refractivity contribution < 1.29 is 41.7 Å². The lowest BCUT2D eigenvalue weighted by molar-refractivity contribution is -0.137. The van der Waals surface area contributed by atoms with Gasteiger partial charge in [0, 0.05) is 51.8 Å². The van der Waals surface area contributed by atoms with Crippen molar-refractivity contribution in [2.75, 3.05) is 52.1 Å². The highest BCUT2D eigenvalue weighted by atomic mass is 19.3. The number of hydrogen-bond acceptors (Lipinski definition) is 9. The van der Waals surface area contributed by atoms with Gasteiger partial charge in [0.05, 0.1) is 16.3 Å². The zero-order valence-corrected chi connectivity index (χ0v) is 28.2. The summed E-state index contributed by atoms with van der Waals surface area (Å²) < 4.78 is 78.0. The number of aromatic nitrogens is 3. The molecule has 0 bridgehead atoms. The molecule has 2 aliphatic heterocycles. The minimum atomic E-state index is -2.70. The van der Waals surface area contributed by atoms with Gasteiger partial charge >= 0.3 is 12.0 Å². The Labute approximate surface area is 286 Å². The molecule has 2 atom stereocenters. The van der Waals surface area contributed by atoms with Crippen LogP contribution < -0.4 is 14.4 Å². The van der Waals surface area contributed by atoms with Crippen LogP contribution in [0.3, 0.4) is 0 Å². The van der Waals surface area contributed by atoms with E-state index >= 15 is 8.78 Å². The van der Waals surface area contributed by atoms with Crippen molar-refractivity contribution in [2.45, 2.75) is 63.3 Å². The highest BCUT2D eigenvalue weighted by Gasteiger charge is 2.77. The minimum absolute atomic E-state index is 0.0563. The number of rotatable bonds is 13. The van der Waals surface area contributed by atoms with Crippen molar-refractivity contribution >= 4 is 33.5 Å². The van der Waals surface area contributed by atoms with Gasteiger partial charge < -0.3 is 24.2 Å². The fourth-order valence-electron chi connectivity index (χ4n) is 8.02. The second-order valence-corrected chi connectivity index (χ2v) is 13.8. The van der Waals surface area contributed by atoms with Gasteiger partial charge in [-0.1, -0.05) is 13.0 Å². The number of halogens is 4. The first-order valence-corrected chi connectivity index (χ1v) is 16.8. The minimum Gasteiger partial charge on any atom is -0.481 e. The molecule has 1 aliphatic carbocycles. The van der Waals surface area contributed by atoms with Crippen molar-refractivity contribution in [3.05, 3.63) is 47.7 Å². The number of carboxylic acids is 1. The summed E-state index contributed by atoms with van der Waals surface area (Å²) in [6.07, 6.45) is 3.70. The monoisotopic (exact) mass is 697 g/mol. The third-order valence-electron chi connectivity index (χ3n) is 10.6. The molecule has 0 amide bonds. The molecule has 50 heavy (non-hydrogen) atoms. The van der Waals surface area contributed by atoms with E-state index in [0.29, 0.717) is 66.4 Å². The summed E-state index contributed by atoms with van der Waals surface area (Å²) in [7, 11) is 3.18. The number of aliphatic carboxylic acids is 1. The molecule has 10 nitrogen and oxygen atoms in total. The molecule has 4 aromatic rings. The first-order valence-electron chi connectivity index (χ1n) is 16.8. The summed E-state index contributed by atoms with van der Waals surface area (Å²) >= 11 is 0. The number of ether oxygens (including phenoxy) is 3. The van der Waals surface area contributed by atoms with Crippen LogP contribution in [0.5, 0.6) is 11.8 Å². The Morgan fingerprint density at radius 1 is 1.14 bits per heavy atom. The number of fused-ring (bicyclic) bond motifs is 3. The van der Waals surface area contributed by atoms with Crippen LogP contribution in [-0.2, 0) is 16.0 Å². The number of benzene rings is 2. The number of aryl methyl sites for hydroxylation is 1. The summed E-state index contributed by atoms with van der Waals surface area (Å²) in [5, 5.41) is 10.5. The first kappa shape index (κ1) is 34.2. The van der Waals surface area contributed by atoms with E-state index in [-0.39, 0.29) is 61.2 Å². The maximum Gasteiger partial charge on any atom is 0.319 e. The van der Waals surface area contributed by atoms with Crippen LogP contribution in [0, 0.1) is 17.0 Å². The molecule has 266 valence electrons. The summed E-state index contributed by atoms with van der Waals surface area (Å²) in [6.45, 7) is 3.09. The number of methoxy groups -OCH3 is 1. The van der Waals surface area contributed by atoms with Gasteiger partial charge in [-0.3, -0.25) is 14.7 Å². The molecule has 0 radical (unpaired) electrons. The Hall–Kier alpha value is -4.30. The standard InChI is InChI=1S/C36H39F4N5O5/c1-4-23-26(37)9-8-21-13-22(50-20-48-3)14-24(28(21)23)30-29(38)31-25(15-41-30)32(44(2)11-5-7-27(46)47)43-33(42-31)49-19-35-10-6-12-45(35)18-34(16-35)17-36(34,39)40/h8-9,13-15H,4-7,10-12,16-20H2,1-3H3,(H,46,47)/t34-,35-/m0/s1. The predicted molar refractivity (Wildman–Crippen MR) is 178 cm³/mol. The van der Waals surface area contributed by atoms with Crippen molar-refractivity contribution in [1.29, 1.82) is 0 Å². The number of pyridine rings is 1. The fourth-order valence-corrected chi connectivity index (χ4v) is 8.02. The fraction of sp³-hybridized carbons (Fsp3) is 0.500. The molecule has 4 heterocycles. The number of nitrogens with zero attached hydrogens (tertiary/aromatic N) is 5. The van der Waals surface area contributed by atoms with Crippen LogP contribution in [0.1, 0.15) is 51.0 Å². The second kappa shape index (κ2) is 12.8. The van der Waals surface area contributed by atoms with Gasteiger partial charge in [-0.25, -0.2) is 17.6 Å². The van der Waals surface area contributed by atoms with Crippen molar-refractivity contribution in [3.63, 3.8) is 0 Å². The lowest BCUT2D eigenvalue weighted by Gasteiger charge is -2.31. The van der Waals surface area contributed by atoms with E-state index in [4.69, 9.17) is 14.2 Å². The number of carbonyl (C=O) groups is 1. The van der Waals surface area contributed by atoms with Gasteiger partial charge in [0.1, 0.15) is 35.2 Å². The topological polar surface area (TPSA) is 110 Å². The lowest BCUT2D eigenvalue weighted by Crippen LogP contribution is -2.43. The Balaban J connectivity index is 1.33. The van der Waals surface area contributed by atoms with E-state index in [1.165, 1.54) is 19.4 Å². The van der Waals surface area contributed by atoms with Crippen LogP contribution in [0.4, 0.5) is 23.4 Å². The van der Waals surface area contributed by atoms with E-state index < -0.39 is 34.5 Å². The predicted octanol–water partition coefficient (Wildman–Crippen LogP) is 6.61. The number of alkyl halides is 2. The van der Waals surface area contributed by atoms with Crippen molar-refractivity contribution in [3.8, 4) is 23.0 Å². The molecular formula is C36H39F4N5O5. The van der Waals surface area contributed by atoms with Crippen LogP contribution in [0.2, 0.25) is 0 Å². The largest absolute Gasteiger partial charge is 0.481 e. The molecule has 3 fully saturated rings. The summed E-state index contributed by atoms with van der Waals surface area (Å²) in [5.74, 6) is -4.24. The second-order valence-electron chi connectivity index (χ2n) is 13.8. The molecule has 2 aromatic heterocycles. The summed E-state index contributed by atoms with van der Waals surface area (Å²) in [5.41, 5.74) is -1.16. The van der Waals surface area contributed by atoms with Crippen LogP contribution in [0.25, 0.3) is 32.9 Å². The molecule has 0 unspecified atom stereocenters. The van der Waals surface area contributed by atoms with E-state index in [2.05, 4.69) is 19.9 Å². The van der Waals surface area contributed by atoms with E-state index in [1.54, 1.807) is 30.1 Å². The van der Waals surface area contributed by atoms with Crippen molar-refractivity contribution in [2.24, 2.45) is 5.41 Å². The zero-order valence-electron chi connectivity index (χ0n) is 28.2. The van der Waals surface area contributed by atoms with Gasteiger partial charge in [-0.15, -0.1) is 0 Å². The number of anilines is 1. The third-order valence-corrected chi connectivity index (χ3v) is 10.6. The SMILES string of the molecule is CCc1c(F)ccc2cc(OCOC)cc(-c3ncc4c(N(C)CCCC(=O)O)nc(OC[C@@]56CCCN5C[C@@]5(CC5(F)F)C6)nc4c3F)c12. The highest BCUT2D eigenvalue weighted by molar-refractivity contribution is 6.01. The molecule has 7 rings (SSSR count). The molecule has 1 N–H and O–H groups in total. The maximum absolute atomic E-state index is 17.0. The Morgan fingerprint density at radius 3 is 2.66 bits per heavy atom. The van der Waals surface area contributed by atoms with Crippen LogP contribution >= 0.6 is 0 Å². The summed E-state index contributed by atoms with van der Waals surface area (Å²) in [6, 6.07) is 6.14. The Bertz CT molecular complexity index is 1980. The average molecular weight is 698 g/mol. The zero-order chi connectivity index (χ0) is 35.4.